The van der Waals surface area contributed by atoms with Gasteiger partial charge < -0.3 is 25.0 Å². The molecule has 2 unspecified atom stereocenters. The Morgan fingerprint density at radius 1 is 0.436 bits per heavy atom. The third-order valence-corrected chi connectivity index (χ3v) is 19.3. The standard InChI is InChI=1S/C30H31F2N5.C30H28F2N4O2.C27H24F2N4O2/c1-30(2,3)19-33-10-9-20-11-22(26-7-6-25(31)14-28(26)32)13-23(12-20)27-16-35-37-18-21(5-8-29(27)37)24-15-34-36(4)17-24;1-30(2)37-18-25(38-30)7-4-19-10-21(26-8-6-24(31)13-28(26)32)12-22(11-19)27-15-34-36-17-20(5-9-29(27)36)23-14-33-35(3)16-23;1-32-14-21(12-30-32)18-3-7-27-25(13-31-33(27)15-18)20-9-17(2-5-23(35)16-34)8-19(10-20)24-6-4-22(28)11-26(24)29/h5-8,11-18,33H,9-10,19H2,1-4H3;5-6,8-17,25H,4,7,18H2,1-3H3;3-4,6-15,23,34-35H,2,5,16H2,1H3. The van der Waals surface area contributed by atoms with Crippen molar-refractivity contribution in [1.29, 1.82) is 0 Å². The number of ether oxygens (including phenoxy) is 2. The summed E-state index contributed by atoms with van der Waals surface area (Å²) in [4.78, 5) is 0. The number of aliphatic hydroxyl groups excluding tert-OH is 2. The molecule has 15 aromatic rings. The molecule has 0 bridgehead atoms. The maximum absolute atomic E-state index is 14.8. The lowest BCUT2D eigenvalue weighted by Gasteiger charge is -2.19. The maximum Gasteiger partial charge on any atom is 0.163 e. The van der Waals surface area contributed by atoms with Gasteiger partial charge in [0.05, 0.1) is 79.2 Å². The first-order valence-corrected chi connectivity index (χ1v) is 36.3. The summed E-state index contributed by atoms with van der Waals surface area (Å²) in [5, 5.41) is 49.0. The van der Waals surface area contributed by atoms with Crippen LogP contribution in [0.4, 0.5) is 26.3 Å². The molecule has 23 heteroatoms. The Morgan fingerprint density at radius 3 is 1.13 bits per heavy atom. The van der Waals surface area contributed by atoms with E-state index in [-0.39, 0.29) is 23.7 Å². The molecule has 3 N–H and O–H groups in total. The van der Waals surface area contributed by atoms with E-state index in [1.807, 2.05) is 179 Å². The van der Waals surface area contributed by atoms with Gasteiger partial charge in [0.25, 0.3) is 0 Å². The van der Waals surface area contributed by atoms with Crippen molar-refractivity contribution >= 4 is 16.6 Å². The van der Waals surface area contributed by atoms with Crippen molar-refractivity contribution in [3.8, 4) is 100 Å². The van der Waals surface area contributed by atoms with E-state index < -0.39 is 46.8 Å². The summed E-state index contributed by atoms with van der Waals surface area (Å²) in [7, 11) is 5.64. The number of aromatic nitrogens is 12. The molecular weight excluding hydrogens is 1410 g/mol. The zero-order chi connectivity index (χ0) is 77.1. The highest BCUT2D eigenvalue weighted by molar-refractivity contribution is 5.87. The third-order valence-electron chi connectivity index (χ3n) is 19.3. The lowest BCUT2D eigenvalue weighted by atomic mass is 9.94. The van der Waals surface area contributed by atoms with Gasteiger partial charge in [-0.15, -0.1) is 0 Å². The molecule has 1 aliphatic rings. The molecule has 110 heavy (non-hydrogen) atoms. The Bertz CT molecular complexity index is 5830. The average molecular weight is 1490 g/mol. The van der Waals surface area contributed by atoms with Crippen molar-refractivity contribution in [3.05, 3.63) is 272 Å². The predicted molar refractivity (Wildman–Crippen MR) is 415 cm³/mol. The Labute approximate surface area is 632 Å². The van der Waals surface area contributed by atoms with Gasteiger partial charge >= 0.3 is 0 Å². The number of aryl methyl sites for hydroxylation is 5. The van der Waals surface area contributed by atoms with Gasteiger partial charge in [0.2, 0.25) is 0 Å². The molecule has 0 aliphatic carbocycles. The van der Waals surface area contributed by atoms with Crippen LogP contribution in [0.25, 0.3) is 117 Å². The van der Waals surface area contributed by atoms with Crippen LogP contribution in [-0.2, 0) is 49.9 Å². The summed E-state index contributed by atoms with van der Waals surface area (Å²) in [6.45, 7) is 12.3. The molecule has 0 spiro atoms. The smallest absolute Gasteiger partial charge is 0.163 e. The van der Waals surface area contributed by atoms with Crippen LogP contribution in [0.15, 0.2) is 220 Å². The SMILES string of the molecule is Cn1cc(-c2ccc3c(-c4cc(CCC(O)CO)cc(-c5ccc(F)cc5F)c4)cnn3c2)cn1.Cn1cc(-c2ccc3c(-c4cc(CCC5COC(C)(C)O5)cc(-c5ccc(F)cc5F)c4)cnn3c2)cn1.Cn1cc(-c2ccc3c(-c4cc(CCNCC(C)(C)C)cc(-c5ccc(F)cc5F)c4)cnn3c2)cn1. The fourth-order valence-electron chi connectivity index (χ4n) is 13.8. The second-order valence-corrected chi connectivity index (χ2v) is 29.6. The molecule has 562 valence electrons. The Hall–Kier alpha value is -11.6. The molecule has 6 aromatic carbocycles. The molecule has 16 rings (SSSR count). The third kappa shape index (κ3) is 17.6. The number of benzene rings is 6. The highest BCUT2D eigenvalue weighted by Gasteiger charge is 2.32. The molecule has 0 radical (unpaired) electrons. The van der Waals surface area contributed by atoms with Gasteiger partial charge in [-0.05, 0) is 181 Å². The minimum absolute atomic E-state index is 0.0115. The van der Waals surface area contributed by atoms with Crippen LogP contribution < -0.4 is 5.32 Å². The number of aliphatic hydroxyl groups is 2. The van der Waals surface area contributed by atoms with Crippen LogP contribution in [0.1, 0.15) is 64.2 Å². The molecule has 17 nitrogen and oxygen atoms in total. The largest absolute Gasteiger partial charge is 0.394 e. The van der Waals surface area contributed by atoms with Crippen LogP contribution in [0.3, 0.4) is 0 Å². The Morgan fingerprint density at radius 2 is 0.800 bits per heavy atom. The first-order chi connectivity index (χ1) is 52.8. The van der Waals surface area contributed by atoms with Gasteiger partial charge in [0.1, 0.15) is 34.9 Å². The number of rotatable bonds is 20. The molecule has 1 aliphatic heterocycles. The highest BCUT2D eigenvalue weighted by atomic mass is 19.2. The first-order valence-electron chi connectivity index (χ1n) is 36.3. The molecule has 1 fully saturated rings. The van der Waals surface area contributed by atoms with E-state index in [1.54, 1.807) is 31.0 Å². The van der Waals surface area contributed by atoms with Crippen LogP contribution in [0.2, 0.25) is 0 Å². The number of nitrogens with one attached hydrogen (secondary N) is 1. The van der Waals surface area contributed by atoms with Gasteiger partial charge in [-0.1, -0.05) is 75.4 Å². The maximum atomic E-state index is 14.8. The lowest BCUT2D eigenvalue weighted by Crippen LogP contribution is -2.28. The summed E-state index contributed by atoms with van der Waals surface area (Å²) in [5.74, 6) is -4.23. The van der Waals surface area contributed by atoms with Crippen molar-refractivity contribution in [1.82, 2.24) is 63.5 Å². The molecule has 0 saturated carbocycles. The Balaban J connectivity index is 0.000000138. The van der Waals surface area contributed by atoms with E-state index in [2.05, 4.69) is 74.9 Å². The van der Waals surface area contributed by atoms with E-state index in [0.29, 0.717) is 47.3 Å². The van der Waals surface area contributed by atoms with Crippen molar-refractivity contribution < 1.29 is 46.0 Å². The molecule has 0 amide bonds. The number of fused-ring (bicyclic) bond motifs is 3. The second kappa shape index (κ2) is 31.9. The normalized spacial score (nSPS) is 13.8. The highest BCUT2D eigenvalue weighted by Crippen LogP contribution is 2.39. The number of pyridine rings is 3. The quantitative estimate of drug-likeness (QED) is 0.0489. The van der Waals surface area contributed by atoms with Gasteiger partial charge in [-0.2, -0.15) is 30.6 Å². The predicted octanol–water partition coefficient (Wildman–Crippen LogP) is 17.6. The summed E-state index contributed by atoms with van der Waals surface area (Å²) < 4.78 is 107. The molecular formula is C87H83F6N13O4. The molecule has 1 saturated heterocycles. The fraction of sp³-hybridized carbons (Fsp3) is 0.241. The minimum Gasteiger partial charge on any atom is -0.394 e. The zero-order valence-corrected chi connectivity index (χ0v) is 62.1. The molecule has 10 heterocycles. The molecule has 9 aromatic heterocycles. The monoisotopic (exact) mass is 1490 g/mol. The van der Waals surface area contributed by atoms with E-state index in [9.17, 15) is 36.6 Å². The van der Waals surface area contributed by atoms with Gasteiger partial charge in [-0.3, -0.25) is 14.0 Å². The van der Waals surface area contributed by atoms with E-state index >= 15 is 0 Å². The second-order valence-electron chi connectivity index (χ2n) is 29.6. The first kappa shape index (κ1) is 75.2. The lowest BCUT2D eigenvalue weighted by molar-refractivity contribution is -0.138. The summed E-state index contributed by atoms with van der Waals surface area (Å²) in [6.07, 6.45) is 24.8. The van der Waals surface area contributed by atoms with Crippen LogP contribution >= 0.6 is 0 Å². The average Bonchev–Trinajstić information content (AvgIpc) is 1.63. The van der Waals surface area contributed by atoms with E-state index in [1.165, 1.54) is 36.4 Å². The van der Waals surface area contributed by atoms with Crippen LogP contribution in [0.5, 0.6) is 0 Å². The fourth-order valence-corrected chi connectivity index (χ4v) is 13.8. The number of hydrogen-bond donors (Lipinski definition) is 3. The van der Waals surface area contributed by atoms with Crippen LogP contribution in [-0.4, -0.2) is 113 Å². The van der Waals surface area contributed by atoms with E-state index in [0.717, 1.165) is 151 Å². The van der Waals surface area contributed by atoms with Gasteiger partial charge in [0, 0.05) is 150 Å². The number of hydrogen-bond acceptors (Lipinski definition) is 11. The summed E-state index contributed by atoms with van der Waals surface area (Å²) in [5.41, 5.74) is 20.3. The Kier molecular flexibility index (Phi) is 21.8. The minimum atomic E-state index is -0.840. The number of nitrogens with zero attached hydrogens (tertiary/aromatic N) is 12. The topological polar surface area (TPSA) is 176 Å². The summed E-state index contributed by atoms with van der Waals surface area (Å²) in [6, 6.07) is 40.8. The van der Waals surface area contributed by atoms with Crippen molar-refractivity contribution in [3.63, 3.8) is 0 Å². The van der Waals surface area contributed by atoms with Crippen LogP contribution in [0, 0.1) is 40.3 Å². The van der Waals surface area contributed by atoms with Crippen molar-refractivity contribution in [2.24, 2.45) is 26.6 Å². The van der Waals surface area contributed by atoms with Gasteiger partial charge in [0.15, 0.2) is 5.79 Å². The van der Waals surface area contributed by atoms with Crippen molar-refractivity contribution in [2.45, 2.75) is 84.7 Å². The summed E-state index contributed by atoms with van der Waals surface area (Å²) >= 11 is 0. The van der Waals surface area contributed by atoms with E-state index in [4.69, 9.17) is 9.47 Å². The number of halogens is 6. The zero-order valence-electron chi connectivity index (χ0n) is 62.1. The van der Waals surface area contributed by atoms with Crippen molar-refractivity contribution in [2.75, 3.05) is 26.3 Å². The van der Waals surface area contributed by atoms with Gasteiger partial charge in [-0.25, -0.2) is 39.9 Å². The molecule has 2 atom stereocenters.